The van der Waals surface area contributed by atoms with E-state index in [0.717, 1.165) is 11.8 Å². The number of aliphatic hydroxyl groups excluding tert-OH is 1. The molecule has 1 fully saturated rings. The molecule has 96 valence electrons. The molecule has 0 aromatic rings. The maximum absolute atomic E-state index is 10.5. The van der Waals surface area contributed by atoms with Crippen molar-refractivity contribution >= 4 is 0 Å². The van der Waals surface area contributed by atoms with Gasteiger partial charge in [-0.3, -0.25) is 0 Å². The van der Waals surface area contributed by atoms with Gasteiger partial charge in [0.15, 0.2) is 0 Å². The van der Waals surface area contributed by atoms with Gasteiger partial charge in [0.2, 0.25) is 0 Å². The minimum Gasteiger partial charge on any atom is -0.393 e. The van der Waals surface area contributed by atoms with Gasteiger partial charge in [0.25, 0.3) is 0 Å². The Morgan fingerprint density at radius 3 is 1.38 bits per heavy atom. The summed E-state index contributed by atoms with van der Waals surface area (Å²) in [4.78, 5) is 0. The lowest BCUT2D eigenvalue weighted by molar-refractivity contribution is -0.0475. The van der Waals surface area contributed by atoms with Crippen LogP contribution < -0.4 is 0 Å². The molecule has 0 radical (unpaired) electrons. The summed E-state index contributed by atoms with van der Waals surface area (Å²) in [6.07, 6.45) is 2.37. The van der Waals surface area contributed by atoms with Crippen molar-refractivity contribution in [3.63, 3.8) is 0 Å². The molecule has 16 heavy (non-hydrogen) atoms. The summed E-state index contributed by atoms with van der Waals surface area (Å²) in [5, 5.41) is 10.5. The smallest absolute Gasteiger partial charge is 0.0601 e. The molecule has 1 saturated carbocycles. The third kappa shape index (κ3) is 3.00. The zero-order valence-corrected chi connectivity index (χ0v) is 11.9. The van der Waals surface area contributed by atoms with Gasteiger partial charge >= 0.3 is 0 Å². The lowest BCUT2D eigenvalue weighted by atomic mass is 9.64. The molecule has 0 bridgehead atoms. The quantitative estimate of drug-likeness (QED) is 0.772. The molecule has 4 atom stereocenters. The van der Waals surface area contributed by atoms with E-state index in [4.69, 9.17) is 0 Å². The maximum Gasteiger partial charge on any atom is 0.0601 e. The molecule has 2 unspecified atom stereocenters. The molecular weight excluding hydrogens is 196 g/mol. The predicted octanol–water partition coefficient (Wildman–Crippen LogP) is 3.96. The van der Waals surface area contributed by atoms with E-state index in [0.29, 0.717) is 23.7 Å². The van der Waals surface area contributed by atoms with Crippen LogP contribution in [-0.4, -0.2) is 11.2 Å². The van der Waals surface area contributed by atoms with Crippen LogP contribution in [0, 0.1) is 35.5 Å². The monoisotopic (exact) mass is 226 g/mol. The highest BCUT2D eigenvalue weighted by Gasteiger charge is 2.39. The first-order valence-corrected chi connectivity index (χ1v) is 7.02. The van der Waals surface area contributed by atoms with Crippen LogP contribution in [0.3, 0.4) is 0 Å². The first kappa shape index (κ1) is 14.0. The second-order valence-electron chi connectivity index (χ2n) is 6.78. The summed E-state index contributed by atoms with van der Waals surface area (Å²) < 4.78 is 0. The Morgan fingerprint density at radius 2 is 1.12 bits per heavy atom. The van der Waals surface area contributed by atoms with Gasteiger partial charge < -0.3 is 5.11 Å². The number of aliphatic hydroxyl groups is 1. The van der Waals surface area contributed by atoms with Crippen molar-refractivity contribution in [2.75, 3.05) is 0 Å². The Morgan fingerprint density at radius 1 is 0.750 bits per heavy atom. The predicted molar refractivity (Wildman–Crippen MR) is 70.2 cm³/mol. The van der Waals surface area contributed by atoms with Crippen LogP contribution in [0.25, 0.3) is 0 Å². The second-order valence-corrected chi connectivity index (χ2v) is 6.78. The lowest BCUT2D eigenvalue weighted by Crippen LogP contribution is -2.43. The summed E-state index contributed by atoms with van der Waals surface area (Å²) in [6, 6.07) is 0. The third-order valence-electron chi connectivity index (χ3n) is 4.68. The average molecular weight is 226 g/mol. The highest BCUT2D eigenvalue weighted by Crippen LogP contribution is 2.43. The van der Waals surface area contributed by atoms with E-state index in [2.05, 4.69) is 41.5 Å². The van der Waals surface area contributed by atoms with Crippen molar-refractivity contribution in [3.8, 4) is 0 Å². The Hall–Kier alpha value is -0.0400. The fraction of sp³-hybridized carbons (Fsp3) is 1.00. The second kappa shape index (κ2) is 5.53. The number of hydrogen-bond acceptors (Lipinski definition) is 1. The molecule has 0 aromatic heterocycles. The van der Waals surface area contributed by atoms with E-state index in [1.807, 2.05) is 0 Å². The van der Waals surface area contributed by atoms with Crippen molar-refractivity contribution in [2.24, 2.45) is 35.5 Å². The molecule has 1 N–H and O–H groups in total. The molecule has 0 aliphatic heterocycles. The van der Waals surface area contributed by atoms with E-state index in [1.54, 1.807) is 0 Å². The Bertz CT molecular complexity index is 189. The van der Waals surface area contributed by atoms with E-state index < -0.39 is 0 Å². The number of hydrogen-bond donors (Lipinski definition) is 1. The van der Waals surface area contributed by atoms with Gasteiger partial charge in [0, 0.05) is 0 Å². The lowest BCUT2D eigenvalue weighted by Gasteiger charge is -2.44. The van der Waals surface area contributed by atoms with Crippen LogP contribution in [0.2, 0.25) is 0 Å². The summed E-state index contributed by atoms with van der Waals surface area (Å²) >= 11 is 0. The van der Waals surface area contributed by atoms with E-state index >= 15 is 0 Å². The fourth-order valence-electron chi connectivity index (χ4n) is 3.27. The summed E-state index contributed by atoms with van der Waals surface area (Å²) in [6.45, 7) is 13.7. The zero-order chi connectivity index (χ0) is 12.5. The number of rotatable bonds is 3. The molecule has 1 rings (SSSR count). The third-order valence-corrected chi connectivity index (χ3v) is 4.68. The van der Waals surface area contributed by atoms with Gasteiger partial charge in [-0.2, -0.15) is 0 Å². The standard InChI is InChI=1S/C15H30O/c1-9(2)12-7-13(10(3)4)15(16)14(8-12)11(5)6/h9-16H,7-8H2,1-6H3/t12?,13-,14+,15?. The summed E-state index contributed by atoms with van der Waals surface area (Å²) in [5.74, 6) is 3.80. The molecule has 0 amide bonds. The minimum atomic E-state index is -0.0741. The van der Waals surface area contributed by atoms with Crippen LogP contribution >= 0.6 is 0 Å². The van der Waals surface area contributed by atoms with Gasteiger partial charge in [0.05, 0.1) is 6.10 Å². The van der Waals surface area contributed by atoms with Gasteiger partial charge in [-0.25, -0.2) is 0 Å². The molecule has 0 spiro atoms. The largest absolute Gasteiger partial charge is 0.393 e. The van der Waals surface area contributed by atoms with Crippen molar-refractivity contribution in [2.45, 2.75) is 60.5 Å². The first-order chi connectivity index (χ1) is 7.34. The molecule has 1 aliphatic carbocycles. The zero-order valence-electron chi connectivity index (χ0n) is 11.9. The van der Waals surface area contributed by atoms with Crippen molar-refractivity contribution in [1.29, 1.82) is 0 Å². The molecule has 1 heteroatoms. The molecule has 1 aliphatic rings. The van der Waals surface area contributed by atoms with Gasteiger partial charge in [0.1, 0.15) is 0 Å². The van der Waals surface area contributed by atoms with Crippen LogP contribution in [0.5, 0.6) is 0 Å². The highest BCUT2D eigenvalue weighted by molar-refractivity contribution is 4.89. The molecule has 0 aromatic carbocycles. The van der Waals surface area contributed by atoms with Gasteiger partial charge in [-0.05, 0) is 48.3 Å². The molecule has 0 saturated heterocycles. The van der Waals surface area contributed by atoms with Crippen molar-refractivity contribution in [3.05, 3.63) is 0 Å². The van der Waals surface area contributed by atoms with Gasteiger partial charge in [-0.1, -0.05) is 41.5 Å². The SMILES string of the molecule is CC(C)C1C[C@H](C(C)C)C(O)[C@H](C(C)C)C1. The Kier molecular flexibility index (Phi) is 4.85. The van der Waals surface area contributed by atoms with E-state index in [-0.39, 0.29) is 6.10 Å². The van der Waals surface area contributed by atoms with E-state index in [9.17, 15) is 5.11 Å². The van der Waals surface area contributed by atoms with Crippen molar-refractivity contribution < 1.29 is 5.11 Å². The Labute approximate surface area is 102 Å². The van der Waals surface area contributed by atoms with Crippen LogP contribution in [0.15, 0.2) is 0 Å². The summed E-state index contributed by atoms with van der Waals surface area (Å²) in [5.41, 5.74) is 0. The normalized spacial score (nSPS) is 36.4. The molecule has 1 nitrogen and oxygen atoms in total. The fourth-order valence-corrected chi connectivity index (χ4v) is 3.27. The van der Waals surface area contributed by atoms with Crippen LogP contribution in [-0.2, 0) is 0 Å². The van der Waals surface area contributed by atoms with Crippen LogP contribution in [0.1, 0.15) is 54.4 Å². The highest BCUT2D eigenvalue weighted by atomic mass is 16.3. The topological polar surface area (TPSA) is 20.2 Å². The van der Waals surface area contributed by atoms with E-state index in [1.165, 1.54) is 12.8 Å². The van der Waals surface area contributed by atoms with Gasteiger partial charge in [-0.15, -0.1) is 0 Å². The molecule has 0 heterocycles. The average Bonchev–Trinajstić information content (AvgIpc) is 2.16. The maximum atomic E-state index is 10.5. The summed E-state index contributed by atoms with van der Waals surface area (Å²) in [7, 11) is 0. The van der Waals surface area contributed by atoms with Crippen LogP contribution in [0.4, 0.5) is 0 Å². The molecular formula is C15H30O. The Balaban J connectivity index is 2.80. The van der Waals surface area contributed by atoms with Crippen molar-refractivity contribution in [1.82, 2.24) is 0 Å². The minimum absolute atomic E-state index is 0.0741. The first-order valence-electron chi connectivity index (χ1n) is 7.02.